The number of aromatic amines is 1. The van der Waals surface area contributed by atoms with Crippen molar-refractivity contribution in [1.82, 2.24) is 14.9 Å². The zero-order valence-corrected chi connectivity index (χ0v) is 19.7. The van der Waals surface area contributed by atoms with Gasteiger partial charge >= 0.3 is 0 Å². The van der Waals surface area contributed by atoms with Crippen LogP contribution in [0.25, 0.3) is 11.6 Å². The molecule has 8 heteroatoms. The van der Waals surface area contributed by atoms with Crippen molar-refractivity contribution >= 4 is 29.8 Å². The van der Waals surface area contributed by atoms with Crippen LogP contribution in [0, 0.1) is 4.77 Å². The van der Waals surface area contributed by atoms with Crippen molar-refractivity contribution < 1.29 is 9.90 Å². The molecule has 0 bridgehead atoms. The summed E-state index contributed by atoms with van der Waals surface area (Å²) >= 11 is 5.25. The number of nitrogens with zero attached hydrogens (tertiary/aromatic N) is 2. The third-order valence-corrected chi connectivity index (χ3v) is 6.38. The van der Waals surface area contributed by atoms with Crippen LogP contribution in [0.1, 0.15) is 69.9 Å². The standard InChI is InChI=1S/C25H30N4O3S/c1-2-3-4-5-10-22(30)26-14-13-18-17-8-6-7-9-20(17)27-21(18)15-19-23(31)28-25(33)29(24(19)32)16-11-12-16/h6-9,15-16,32H,2-5,10-14H2,1H3,(H,26,30)(H,28,31,33). The number of aromatic hydroxyl groups is 1. The third-order valence-electron chi connectivity index (χ3n) is 6.08. The van der Waals surface area contributed by atoms with Gasteiger partial charge in [-0.25, -0.2) is 4.99 Å². The molecule has 0 saturated heterocycles. The van der Waals surface area contributed by atoms with E-state index in [0.717, 1.165) is 54.7 Å². The van der Waals surface area contributed by atoms with E-state index in [-0.39, 0.29) is 28.2 Å². The molecule has 0 spiro atoms. The molecule has 1 amide bonds. The Morgan fingerprint density at radius 3 is 2.85 bits per heavy atom. The first-order valence-corrected chi connectivity index (χ1v) is 12.1. The molecule has 2 aliphatic rings. The van der Waals surface area contributed by atoms with Gasteiger partial charge in [-0.15, -0.1) is 0 Å². The van der Waals surface area contributed by atoms with Crippen molar-refractivity contribution in [3.8, 4) is 5.88 Å². The lowest BCUT2D eigenvalue weighted by molar-refractivity contribution is -0.121. The molecule has 1 aliphatic heterocycles. The van der Waals surface area contributed by atoms with Crippen LogP contribution in [0.2, 0.25) is 0 Å². The minimum atomic E-state index is -0.437. The molecule has 1 saturated carbocycles. The van der Waals surface area contributed by atoms with Gasteiger partial charge < -0.3 is 10.4 Å². The molecular formula is C25H30N4O3S. The fraction of sp³-hybridized carbons (Fsp3) is 0.440. The third kappa shape index (κ3) is 5.33. The smallest absolute Gasteiger partial charge is 0.262 e. The number of H-pyrrole nitrogens is 1. The Bertz CT molecular complexity index is 1320. The number of hydrogen-bond acceptors (Lipinski definition) is 5. The number of hydrogen-bond donors (Lipinski definition) is 3. The highest BCUT2D eigenvalue weighted by atomic mass is 32.1. The number of aromatic nitrogens is 2. The summed E-state index contributed by atoms with van der Waals surface area (Å²) in [4.78, 5) is 32.2. The average Bonchev–Trinajstić information content (AvgIpc) is 3.56. The van der Waals surface area contributed by atoms with Gasteiger partial charge in [-0.05, 0) is 55.6 Å². The highest BCUT2D eigenvalue weighted by Gasteiger charge is 2.28. The normalized spacial score (nSPS) is 16.0. The van der Waals surface area contributed by atoms with Crippen LogP contribution in [0.5, 0.6) is 5.88 Å². The maximum atomic E-state index is 12.6. The van der Waals surface area contributed by atoms with Gasteiger partial charge in [0, 0.05) is 24.2 Å². The molecule has 1 aliphatic carbocycles. The van der Waals surface area contributed by atoms with E-state index in [9.17, 15) is 14.7 Å². The van der Waals surface area contributed by atoms with Crippen LogP contribution >= 0.6 is 12.2 Å². The van der Waals surface area contributed by atoms with Crippen LogP contribution in [-0.2, 0) is 4.79 Å². The predicted octanol–water partition coefficient (Wildman–Crippen LogP) is 3.25. The zero-order valence-electron chi connectivity index (χ0n) is 18.9. The molecular weight excluding hydrogens is 436 g/mol. The average molecular weight is 467 g/mol. The molecule has 2 aromatic rings. The summed E-state index contributed by atoms with van der Waals surface area (Å²) in [6, 6.07) is 7.89. The minimum Gasteiger partial charge on any atom is -0.494 e. The van der Waals surface area contributed by atoms with E-state index in [2.05, 4.69) is 17.2 Å². The van der Waals surface area contributed by atoms with Crippen molar-refractivity contribution in [2.45, 2.75) is 64.3 Å². The van der Waals surface area contributed by atoms with Crippen molar-refractivity contribution in [3.63, 3.8) is 0 Å². The number of allylic oxidation sites excluding steroid dienone is 1. The first-order valence-electron chi connectivity index (χ1n) is 11.7. The topological polar surface area (TPSA) is 99.5 Å². The van der Waals surface area contributed by atoms with Crippen molar-refractivity contribution in [1.29, 1.82) is 0 Å². The summed E-state index contributed by atoms with van der Waals surface area (Å²) in [5.74, 6) is -0.0642. The van der Waals surface area contributed by atoms with Crippen LogP contribution in [-0.4, -0.2) is 27.1 Å². The van der Waals surface area contributed by atoms with Crippen molar-refractivity contribution in [3.05, 3.63) is 61.2 Å². The first kappa shape index (κ1) is 23.2. The highest BCUT2D eigenvalue weighted by Crippen LogP contribution is 2.38. The molecule has 4 rings (SSSR count). The lowest BCUT2D eigenvalue weighted by Crippen LogP contribution is -2.26. The van der Waals surface area contributed by atoms with Gasteiger partial charge in [-0.3, -0.25) is 19.1 Å². The highest BCUT2D eigenvalue weighted by molar-refractivity contribution is 7.71. The quantitative estimate of drug-likeness (QED) is 0.370. The van der Waals surface area contributed by atoms with E-state index in [1.807, 2.05) is 24.3 Å². The van der Waals surface area contributed by atoms with E-state index in [4.69, 9.17) is 17.2 Å². The molecule has 0 unspecified atom stereocenters. The Morgan fingerprint density at radius 1 is 1.30 bits per heavy atom. The summed E-state index contributed by atoms with van der Waals surface area (Å²) in [7, 11) is 0. The summed E-state index contributed by atoms with van der Waals surface area (Å²) in [6.45, 7) is 2.63. The van der Waals surface area contributed by atoms with E-state index >= 15 is 0 Å². The molecule has 1 aromatic heterocycles. The van der Waals surface area contributed by atoms with Gasteiger partial charge in [0.1, 0.15) is 5.56 Å². The van der Waals surface area contributed by atoms with Gasteiger partial charge in [0.2, 0.25) is 11.8 Å². The molecule has 2 heterocycles. The molecule has 7 nitrogen and oxygen atoms in total. The number of carbonyl (C=O) groups excluding carboxylic acids is 1. The Balaban J connectivity index is 1.58. The second-order valence-corrected chi connectivity index (χ2v) is 9.03. The van der Waals surface area contributed by atoms with Crippen LogP contribution < -0.4 is 21.5 Å². The van der Waals surface area contributed by atoms with E-state index in [0.29, 0.717) is 25.1 Å². The maximum Gasteiger partial charge on any atom is 0.262 e. The maximum absolute atomic E-state index is 12.6. The fourth-order valence-electron chi connectivity index (χ4n) is 4.16. The first-order chi connectivity index (χ1) is 16.0. The summed E-state index contributed by atoms with van der Waals surface area (Å²) in [6.07, 6.45) is 8.87. The number of benzene rings is 1. The molecule has 3 N–H and O–H groups in total. The van der Waals surface area contributed by atoms with Gasteiger partial charge in [-0.2, -0.15) is 0 Å². The van der Waals surface area contributed by atoms with Crippen molar-refractivity contribution in [2.24, 2.45) is 4.99 Å². The zero-order chi connectivity index (χ0) is 23.4. The summed E-state index contributed by atoms with van der Waals surface area (Å²) in [5.41, 5.74) is 1.28. The van der Waals surface area contributed by atoms with E-state index in [1.165, 1.54) is 0 Å². The molecule has 0 radical (unpaired) electrons. The number of para-hydroxylation sites is 1. The van der Waals surface area contributed by atoms with E-state index in [1.54, 1.807) is 10.6 Å². The van der Waals surface area contributed by atoms with Crippen LogP contribution in [0.4, 0.5) is 0 Å². The molecule has 174 valence electrons. The Labute approximate surface area is 197 Å². The lowest BCUT2D eigenvalue weighted by Gasteiger charge is -2.11. The van der Waals surface area contributed by atoms with Crippen LogP contribution in [0.15, 0.2) is 39.7 Å². The number of amides is 1. The monoisotopic (exact) mass is 466 g/mol. The van der Waals surface area contributed by atoms with Gasteiger partial charge in [0.25, 0.3) is 5.56 Å². The fourth-order valence-corrected chi connectivity index (χ4v) is 4.49. The Kier molecular flexibility index (Phi) is 7.23. The molecule has 33 heavy (non-hydrogen) atoms. The van der Waals surface area contributed by atoms with Gasteiger partial charge in [0.05, 0.1) is 11.1 Å². The lowest BCUT2D eigenvalue weighted by atomic mass is 10.1. The number of rotatable bonds is 10. The number of carbonyl (C=O) groups is 1. The number of fused-ring (bicyclic) bond motifs is 1. The predicted molar refractivity (Wildman–Crippen MR) is 131 cm³/mol. The van der Waals surface area contributed by atoms with Gasteiger partial charge in [0.15, 0.2) is 4.77 Å². The number of unbranched alkanes of at least 4 members (excludes halogenated alkanes) is 3. The van der Waals surface area contributed by atoms with Crippen LogP contribution in [0.3, 0.4) is 0 Å². The second kappa shape index (κ2) is 10.3. The molecule has 1 fully saturated rings. The summed E-state index contributed by atoms with van der Waals surface area (Å²) in [5, 5.41) is 15.6. The molecule has 1 aromatic carbocycles. The molecule has 0 atom stereocenters. The Hall–Kier alpha value is -3.00. The SMILES string of the molecule is CCCCCCC(=O)NCCC1=c2ccccc2=NC1=Cc1c(O)n(C2CC2)c(=S)[nH]c1=O. The second-order valence-electron chi connectivity index (χ2n) is 8.65. The Morgan fingerprint density at radius 2 is 2.09 bits per heavy atom. The largest absolute Gasteiger partial charge is 0.494 e. The van der Waals surface area contributed by atoms with Crippen molar-refractivity contribution in [2.75, 3.05) is 6.54 Å². The van der Waals surface area contributed by atoms with Gasteiger partial charge in [-0.1, -0.05) is 44.4 Å². The summed E-state index contributed by atoms with van der Waals surface area (Å²) < 4.78 is 1.85. The number of nitrogens with one attached hydrogen (secondary N) is 2. The minimum absolute atomic E-state index is 0.0565. The van der Waals surface area contributed by atoms with E-state index < -0.39 is 5.56 Å².